The van der Waals surface area contributed by atoms with Crippen LogP contribution in [0.3, 0.4) is 0 Å². The third kappa shape index (κ3) is 4.09. The van der Waals surface area contributed by atoms with Crippen LogP contribution in [-0.2, 0) is 10.2 Å². The maximum atomic E-state index is 12.9. The second-order valence-electron chi connectivity index (χ2n) is 8.30. The average molecular weight is 344 g/mol. The van der Waals surface area contributed by atoms with Crippen LogP contribution in [0.4, 0.5) is 0 Å². The first-order valence-electron chi connectivity index (χ1n) is 9.38. The van der Waals surface area contributed by atoms with Gasteiger partial charge in [-0.05, 0) is 57.0 Å². The zero-order chi connectivity index (χ0) is 16.5. The highest BCUT2D eigenvalue weighted by Crippen LogP contribution is 2.32. The van der Waals surface area contributed by atoms with Gasteiger partial charge in [0.25, 0.3) is 10.2 Å². The minimum atomic E-state index is -3.24. The van der Waals surface area contributed by atoms with Crippen molar-refractivity contribution in [2.75, 3.05) is 39.3 Å². The molecule has 0 aromatic rings. The molecule has 0 atom stereocenters. The van der Waals surface area contributed by atoms with E-state index >= 15 is 0 Å². The normalized spacial score (nSPS) is 29.7. The summed E-state index contributed by atoms with van der Waals surface area (Å²) in [6.07, 6.45) is 7.91. The zero-order valence-electron chi connectivity index (χ0n) is 14.8. The molecule has 0 saturated carbocycles. The van der Waals surface area contributed by atoms with Crippen LogP contribution in [-0.4, -0.2) is 67.2 Å². The molecule has 6 heteroatoms. The lowest BCUT2D eigenvalue weighted by Crippen LogP contribution is -2.53. The summed E-state index contributed by atoms with van der Waals surface area (Å²) in [5, 5.41) is 0. The average Bonchev–Trinajstić information content (AvgIpc) is 2.55. The van der Waals surface area contributed by atoms with Gasteiger partial charge < -0.3 is 4.90 Å². The highest BCUT2D eigenvalue weighted by Gasteiger charge is 2.37. The molecule has 0 amide bonds. The van der Waals surface area contributed by atoms with Crippen molar-refractivity contribution in [2.24, 2.45) is 5.41 Å². The molecule has 3 fully saturated rings. The summed E-state index contributed by atoms with van der Waals surface area (Å²) in [4.78, 5) is 2.59. The van der Waals surface area contributed by atoms with E-state index in [0.29, 0.717) is 32.2 Å². The van der Waals surface area contributed by atoms with Crippen LogP contribution in [0.2, 0.25) is 0 Å². The molecule has 0 N–H and O–H groups in total. The summed E-state index contributed by atoms with van der Waals surface area (Å²) in [5.74, 6) is 0. The summed E-state index contributed by atoms with van der Waals surface area (Å²) in [5.41, 5.74) is 0.285. The molecule has 0 spiro atoms. The quantitative estimate of drug-likeness (QED) is 0.790. The van der Waals surface area contributed by atoms with Gasteiger partial charge in [0.2, 0.25) is 0 Å². The molecule has 0 aromatic heterocycles. The predicted octanol–water partition coefficient (Wildman–Crippen LogP) is 2.30. The van der Waals surface area contributed by atoms with Crippen LogP contribution in [0, 0.1) is 5.41 Å². The lowest BCUT2D eigenvalue weighted by molar-refractivity contribution is 0.113. The Bertz CT molecular complexity index is 482. The minimum absolute atomic E-state index is 0.285. The molecule has 23 heavy (non-hydrogen) atoms. The van der Waals surface area contributed by atoms with Gasteiger partial charge in [0.05, 0.1) is 0 Å². The molecule has 0 aliphatic carbocycles. The molecule has 3 aliphatic rings. The third-order valence-corrected chi connectivity index (χ3v) is 8.09. The van der Waals surface area contributed by atoms with Crippen molar-refractivity contribution in [3.8, 4) is 0 Å². The van der Waals surface area contributed by atoms with Gasteiger partial charge in [0.15, 0.2) is 0 Å². The van der Waals surface area contributed by atoms with Gasteiger partial charge >= 0.3 is 0 Å². The molecule has 0 unspecified atom stereocenters. The van der Waals surface area contributed by atoms with Crippen molar-refractivity contribution in [2.45, 2.75) is 64.8 Å². The molecule has 3 heterocycles. The van der Waals surface area contributed by atoms with Crippen LogP contribution >= 0.6 is 0 Å². The highest BCUT2D eigenvalue weighted by atomic mass is 32.2. The largest absolute Gasteiger partial charge is 0.300 e. The molecule has 5 nitrogen and oxygen atoms in total. The summed E-state index contributed by atoms with van der Waals surface area (Å²) in [6, 6.07) is 0.599. The molecule has 0 radical (unpaired) electrons. The van der Waals surface area contributed by atoms with Crippen LogP contribution < -0.4 is 0 Å². The Balaban J connectivity index is 1.54. The van der Waals surface area contributed by atoms with Crippen LogP contribution in [0.1, 0.15) is 58.8 Å². The second-order valence-corrected chi connectivity index (χ2v) is 10.2. The highest BCUT2D eigenvalue weighted by molar-refractivity contribution is 7.86. The number of hydrogen-bond acceptors (Lipinski definition) is 3. The zero-order valence-corrected chi connectivity index (χ0v) is 15.7. The van der Waals surface area contributed by atoms with Gasteiger partial charge in [-0.1, -0.05) is 20.3 Å². The first kappa shape index (κ1) is 17.6. The van der Waals surface area contributed by atoms with E-state index in [4.69, 9.17) is 0 Å². The van der Waals surface area contributed by atoms with Gasteiger partial charge in [-0.25, -0.2) is 0 Å². The van der Waals surface area contributed by atoms with Crippen molar-refractivity contribution in [1.29, 1.82) is 0 Å². The van der Waals surface area contributed by atoms with E-state index in [1.165, 1.54) is 32.4 Å². The second kappa shape index (κ2) is 6.98. The number of nitrogens with zero attached hydrogens (tertiary/aromatic N) is 3. The van der Waals surface area contributed by atoms with E-state index in [9.17, 15) is 8.42 Å². The maximum Gasteiger partial charge on any atom is 0.281 e. The topological polar surface area (TPSA) is 43.9 Å². The molecule has 3 rings (SSSR count). The fourth-order valence-electron chi connectivity index (χ4n) is 4.21. The maximum absolute atomic E-state index is 12.9. The van der Waals surface area contributed by atoms with E-state index < -0.39 is 10.2 Å². The SMILES string of the molecule is CC1(C)CCN(S(=O)(=O)N2CCC(N3CCCCC3)CC2)CC1. The van der Waals surface area contributed by atoms with Gasteiger partial charge in [-0.3, -0.25) is 0 Å². The van der Waals surface area contributed by atoms with Crippen LogP contribution in [0.15, 0.2) is 0 Å². The predicted molar refractivity (Wildman–Crippen MR) is 93.5 cm³/mol. The summed E-state index contributed by atoms with van der Waals surface area (Å²) >= 11 is 0. The number of hydrogen-bond donors (Lipinski definition) is 0. The van der Waals surface area contributed by atoms with E-state index in [2.05, 4.69) is 18.7 Å². The Morgan fingerprint density at radius 3 is 1.87 bits per heavy atom. The molecule has 134 valence electrons. The molecular weight excluding hydrogens is 310 g/mol. The standard InChI is InChI=1S/C17H33N3O2S/c1-17(2)8-14-20(15-9-17)23(21,22)19-12-6-16(7-13-19)18-10-4-3-5-11-18/h16H,3-15H2,1-2H3. The Kier molecular flexibility index (Phi) is 5.36. The lowest BCUT2D eigenvalue weighted by Gasteiger charge is -2.42. The van der Waals surface area contributed by atoms with Crippen molar-refractivity contribution >= 4 is 10.2 Å². The van der Waals surface area contributed by atoms with Gasteiger partial charge in [0, 0.05) is 32.2 Å². The molecule has 0 aromatic carbocycles. The van der Waals surface area contributed by atoms with Crippen molar-refractivity contribution in [3.05, 3.63) is 0 Å². The number of rotatable bonds is 3. The summed E-state index contributed by atoms with van der Waals surface area (Å²) in [7, 11) is -3.24. The lowest BCUT2D eigenvalue weighted by atomic mass is 9.83. The van der Waals surface area contributed by atoms with Crippen molar-refractivity contribution < 1.29 is 8.42 Å². The fourth-order valence-corrected chi connectivity index (χ4v) is 5.85. The summed E-state index contributed by atoms with van der Waals surface area (Å²) < 4.78 is 29.2. The van der Waals surface area contributed by atoms with E-state index in [-0.39, 0.29) is 5.41 Å². The van der Waals surface area contributed by atoms with Crippen molar-refractivity contribution in [1.82, 2.24) is 13.5 Å². The van der Waals surface area contributed by atoms with Gasteiger partial charge in [0.1, 0.15) is 0 Å². The molecular formula is C17H33N3O2S. The number of likely N-dealkylation sites (tertiary alicyclic amines) is 1. The van der Waals surface area contributed by atoms with Gasteiger partial charge in [-0.2, -0.15) is 17.0 Å². The van der Waals surface area contributed by atoms with Crippen molar-refractivity contribution in [3.63, 3.8) is 0 Å². The van der Waals surface area contributed by atoms with E-state index in [0.717, 1.165) is 25.7 Å². The Morgan fingerprint density at radius 1 is 0.783 bits per heavy atom. The molecule has 0 bridgehead atoms. The monoisotopic (exact) mass is 343 g/mol. The molecule has 3 aliphatic heterocycles. The smallest absolute Gasteiger partial charge is 0.281 e. The first-order valence-corrected chi connectivity index (χ1v) is 10.8. The number of piperidine rings is 3. The fraction of sp³-hybridized carbons (Fsp3) is 1.00. The first-order chi connectivity index (χ1) is 10.9. The molecule has 3 saturated heterocycles. The third-order valence-electron chi connectivity index (χ3n) is 6.06. The van der Waals surface area contributed by atoms with E-state index in [1.807, 2.05) is 0 Å². The Labute approximate surface area is 142 Å². The Hall–Kier alpha value is -0.170. The van der Waals surface area contributed by atoms with Gasteiger partial charge in [-0.15, -0.1) is 0 Å². The van der Waals surface area contributed by atoms with E-state index in [1.54, 1.807) is 8.61 Å². The summed E-state index contributed by atoms with van der Waals surface area (Å²) in [6.45, 7) is 9.65. The minimum Gasteiger partial charge on any atom is -0.300 e. The van der Waals surface area contributed by atoms with Crippen LogP contribution in [0.5, 0.6) is 0 Å². The van der Waals surface area contributed by atoms with Crippen LogP contribution in [0.25, 0.3) is 0 Å². The Morgan fingerprint density at radius 2 is 1.30 bits per heavy atom.